The lowest BCUT2D eigenvalue weighted by Crippen LogP contribution is -2.40. The van der Waals surface area contributed by atoms with Crippen LogP contribution in [-0.2, 0) is 16.1 Å². The van der Waals surface area contributed by atoms with E-state index in [9.17, 15) is 9.59 Å². The van der Waals surface area contributed by atoms with Gasteiger partial charge in [-0.1, -0.05) is 12.1 Å². The average molecular weight is 295 g/mol. The standard InChI is InChI=1S/C14H21N3O2S/c1-15-13(18)8-16-14(19)10-17(2)9-11-4-6-12(20-3)7-5-11/h4-7H,8-10H2,1-3H3,(H,15,18)(H,16,19). The highest BCUT2D eigenvalue weighted by molar-refractivity contribution is 7.98. The molecule has 1 aromatic rings. The van der Waals surface area contributed by atoms with Crippen LogP contribution in [0.25, 0.3) is 0 Å². The Hall–Kier alpha value is -1.53. The Morgan fingerprint density at radius 3 is 2.40 bits per heavy atom. The number of benzene rings is 1. The second-order valence-corrected chi connectivity index (χ2v) is 5.35. The maximum Gasteiger partial charge on any atom is 0.239 e. The minimum Gasteiger partial charge on any atom is -0.358 e. The SMILES string of the molecule is CNC(=O)CNC(=O)CN(C)Cc1ccc(SC)cc1. The molecule has 0 aromatic heterocycles. The maximum atomic E-state index is 11.6. The summed E-state index contributed by atoms with van der Waals surface area (Å²) in [5.74, 6) is -0.356. The highest BCUT2D eigenvalue weighted by Gasteiger charge is 2.08. The van der Waals surface area contributed by atoms with Crippen LogP contribution in [0.1, 0.15) is 5.56 Å². The van der Waals surface area contributed by atoms with E-state index in [1.54, 1.807) is 18.8 Å². The zero-order valence-corrected chi connectivity index (χ0v) is 12.9. The van der Waals surface area contributed by atoms with E-state index in [1.165, 1.54) is 4.90 Å². The second kappa shape index (κ2) is 8.60. The van der Waals surface area contributed by atoms with Crippen LogP contribution in [-0.4, -0.2) is 50.2 Å². The molecule has 0 saturated carbocycles. The molecule has 0 aliphatic rings. The summed E-state index contributed by atoms with van der Waals surface area (Å²) in [4.78, 5) is 25.8. The number of hydrogen-bond donors (Lipinski definition) is 2. The molecule has 0 saturated heterocycles. The molecule has 1 aromatic carbocycles. The molecular formula is C14H21N3O2S. The molecule has 2 N–H and O–H groups in total. The topological polar surface area (TPSA) is 61.4 Å². The number of thioether (sulfide) groups is 1. The number of rotatable bonds is 7. The quantitative estimate of drug-likeness (QED) is 0.727. The van der Waals surface area contributed by atoms with Crippen LogP contribution in [0.5, 0.6) is 0 Å². The minimum atomic E-state index is -0.200. The van der Waals surface area contributed by atoms with E-state index in [0.717, 1.165) is 5.56 Å². The van der Waals surface area contributed by atoms with Crippen molar-refractivity contribution in [2.75, 3.05) is 33.4 Å². The van der Waals surface area contributed by atoms with Crippen molar-refractivity contribution in [1.29, 1.82) is 0 Å². The normalized spacial score (nSPS) is 10.4. The van der Waals surface area contributed by atoms with Crippen LogP contribution >= 0.6 is 11.8 Å². The summed E-state index contributed by atoms with van der Waals surface area (Å²) in [6.45, 7) is 0.981. The van der Waals surface area contributed by atoms with Crippen molar-refractivity contribution < 1.29 is 9.59 Å². The van der Waals surface area contributed by atoms with Crippen molar-refractivity contribution in [3.63, 3.8) is 0 Å². The van der Waals surface area contributed by atoms with Gasteiger partial charge in [-0.05, 0) is 31.0 Å². The molecule has 20 heavy (non-hydrogen) atoms. The fourth-order valence-corrected chi connectivity index (χ4v) is 2.08. The number of nitrogens with zero attached hydrogens (tertiary/aromatic N) is 1. The van der Waals surface area contributed by atoms with Crippen molar-refractivity contribution >= 4 is 23.6 Å². The molecule has 110 valence electrons. The first-order valence-electron chi connectivity index (χ1n) is 6.34. The Labute approximate surface area is 124 Å². The smallest absolute Gasteiger partial charge is 0.239 e. The summed E-state index contributed by atoms with van der Waals surface area (Å²) in [5.41, 5.74) is 1.16. The molecule has 0 fully saturated rings. The summed E-state index contributed by atoms with van der Waals surface area (Å²) in [5, 5.41) is 5.03. The van der Waals surface area contributed by atoms with Gasteiger partial charge in [-0.2, -0.15) is 0 Å². The van der Waals surface area contributed by atoms with Gasteiger partial charge in [0.25, 0.3) is 0 Å². The van der Waals surface area contributed by atoms with Crippen LogP contribution in [0.4, 0.5) is 0 Å². The average Bonchev–Trinajstić information content (AvgIpc) is 2.45. The zero-order valence-electron chi connectivity index (χ0n) is 12.1. The minimum absolute atomic E-state index is 0.0194. The fourth-order valence-electron chi connectivity index (χ4n) is 1.67. The summed E-state index contributed by atoms with van der Waals surface area (Å²) in [6.07, 6.45) is 2.04. The highest BCUT2D eigenvalue weighted by atomic mass is 32.2. The van der Waals surface area contributed by atoms with Gasteiger partial charge in [-0.3, -0.25) is 14.5 Å². The Balaban J connectivity index is 2.36. The number of carbonyl (C=O) groups excluding carboxylic acids is 2. The third kappa shape index (κ3) is 6.08. The lowest BCUT2D eigenvalue weighted by Gasteiger charge is -2.16. The number of carbonyl (C=O) groups is 2. The molecular weight excluding hydrogens is 274 g/mol. The van der Waals surface area contributed by atoms with Crippen LogP contribution in [0.15, 0.2) is 29.2 Å². The van der Waals surface area contributed by atoms with Gasteiger partial charge >= 0.3 is 0 Å². The van der Waals surface area contributed by atoms with Crippen molar-refractivity contribution in [3.05, 3.63) is 29.8 Å². The van der Waals surface area contributed by atoms with Crippen LogP contribution in [0, 0.1) is 0 Å². The molecule has 0 radical (unpaired) electrons. The van der Waals surface area contributed by atoms with E-state index < -0.39 is 0 Å². The first-order valence-corrected chi connectivity index (χ1v) is 7.56. The third-order valence-electron chi connectivity index (χ3n) is 2.75. The molecule has 1 rings (SSSR count). The molecule has 0 atom stereocenters. The van der Waals surface area contributed by atoms with Gasteiger partial charge in [0.15, 0.2) is 0 Å². The lowest BCUT2D eigenvalue weighted by molar-refractivity contribution is -0.126. The largest absolute Gasteiger partial charge is 0.358 e. The predicted octanol–water partition coefficient (Wildman–Crippen LogP) is 0.702. The molecule has 6 heteroatoms. The van der Waals surface area contributed by atoms with Gasteiger partial charge in [0.1, 0.15) is 0 Å². The summed E-state index contributed by atoms with van der Waals surface area (Å²) >= 11 is 1.70. The third-order valence-corrected chi connectivity index (χ3v) is 3.49. The first kappa shape index (κ1) is 16.5. The first-order chi connectivity index (χ1) is 9.55. The molecule has 0 aliphatic carbocycles. The Bertz CT molecular complexity index is 448. The molecule has 0 heterocycles. The molecule has 2 amide bonds. The van der Waals surface area contributed by atoms with Crippen LogP contribution in [0.2, 0.25) is 0 Å². The van der Waals surface area contributed by atoms with E-state index in [1.807, 2.05) is 18.2 Å². The zero-order chi connectivity index (χ0) is 15.0. The Morgan fingerprint density at radius 1 is 1.20 bits per heavy atom. The van der Waals surface area contributed by atoms with Gasteiger partial charge < -0.3 is 10.6 Å². The van der Waals surface area contributed by atoms with E-state index in [2.05, 4.69) is 34.9 Å². The van der Waals surface area contributed by atoms with E-state index in [4.69, 9.17) is 0 Å². The van der Waals surface area contributed by atoms with E-state index in [0.29, 0.717) is 6.54 Å². The van der Waals surface area contributed by atoms with Gasteiger partial charge in [0.05, 0.1) is 13.1 Å². The maximum absolute atomic E-state index is 11.6. The number of nitrogens with one attached hydrogen (secondary N) is 2. The predicted molar refractivity (Wildman–Crippen MR) is 81.6 cm³/mol. The van der Waals surface area contributed by atoms with E-state index >= 15 is 0 Å². The van der Waals surface area contributed by atoms with Gasteiger partial charge in [0.2, 0.25) is 11.8 Å². The van der Waals surface area contributed by atoms with Crippen LogP contribution in [0.3, 0.4) is 0 Å². The van der Waals surface area contributed by atoms with Crippen LogP contribution < -0.4 is 10.6 Å². The fraction of sp³-hybridized carbons (Fsp3) is 0.429. The summed E-state index contributed by atoms with van der Waals surface area (Å²) < 4.78 is 0. The summed E-state index contributed by atoms with van der Waals surface area (Å²) in [7, 11) is 3.42. The van der Waals surface area contributed by atoms with Gasteiger partial charge in [-0.15, -0.1) is 11.8 Å². The highest BCUT2D eigenvalue weighted by Crippen LogP contribution is 2.15. The van der Waals surface area contributed by atoms with Crippen molar-refractivity contribution in [3.8, 4) is 0 Å². The molecule has 0 spiro atoms. The van der Waals surface area contributed by atoms with Crippen molar-refractivity contribution in [2.24, 2.45) is 0 Å². The Morgan fingerprint density at radius 2 is 1.85 bits per heavy atom. The summed E-state index contributed by atoms with van der Waals surface area (Å²) in [6, 6.07) is 8.26. The van der Waals surface area contributed by atoms with Crippen molar-refractivity contribution in [1.82, 2.24) is 15.5 Å². The molecule has 0 aliphatic heterocycles. The van der Waals surface area contributed by atoms with Gasteiger partial charge in [0, 0.05) is 18.5 Å². The monoisotopic (exact) mass is 295 g/mol. The lowest BCUT2D eigenvalue weighted by atomic mass is 10.2. The molecule has 0 unspecified atom stereocenters. The number of hydrogen-bond acceptors (Lipinski definition) is 4. The number of likely N-dealkylation sites (N-methyl/N-ethyl adjacent to an activating group) is 2. The molecule has 5 nitrogen and oxygen atoms in total. The van der Waals surface area contributed by atoms with Gasteiger partial charge in [-0.25, -0.2) is 0 Å². The second-order valence-electron chi connectivity index (χ2n) is 4.47. The number of amides is 2. The molecule has 0 bridgehead atoms. The van der Waals surface area contributed by atoms with Crippen molar-refractivity contribution in [2.45, 2.75) is 11.4 Å². The Kier molecular flexibility index (Phi) is 7.11. The van der Waals surface area contributed by atoms with E-state index in [-0.39, 0.29) is 24.9 Å².